The zero-order valence-corrected chi connectivity index (χ0v) is 16.7. The highest BCUT2D eigenvalue weighted by Gasteiger charge is 2.21. The van der Waals surface area contributed by atoms with Crippen molar-refractivity contribution in [1.29, 1.82) is 5.26 Å². The van der Waals surface area contributed by atoms with Gasteiger partial charge in [-0.3, -0.25) is 4.79 Å². The number of benzene rings is 1. The molecule has 1 saturated heterocycles. The van der Waals surface area contributed by atoms with Gasteiger partial charge in [0.15, 0.2) is 5.09 Å². The van der Waals surface area contributed by atoms with Crippen LogP contribution in [0.3, 0.4) is 0 Å². The van der Waals surface area contributed by atoms with E-state index in [4.69, 9.17) is 20.8 Å². The van der Waals surface area contributed by atoms with E-state index in [-0.39, 0.29) is 11.5 Å². The van der Waals surface area contributed by atoms with Crippen molar-refractivity contribution in [3.05, 3.63) is 51.2 Å². The van der Waals surface area contributed by atoms with Gasteiger partial charge in [-0.05, 0) is 46.3 Å². The van der Waals surface area contributed by atoms with E-state index in [1.807, 2.05) is 18.2 Å². The average Bonchev–Trinajstić information content (AvgIpc) is 3.01. The number of nitrogens with zero attached hydrogens (tertiary/aromatic N) is 2. The van der Waals surface area contributed by atoms with Gasteiger partial charge in [0.2, 0.25) is 0 Å². The molecule has 0 bridgehead atoms. The normalized spacial score (nSPS) is 15.0. The third-order valence-electron chi connectivity index (χ3n) is 3.63. The van der Waals surface area contributed by atoms with Crippen molar-refractivity contribution in [1.82, 2.24) is 4.90 Å². The first kappa shape index (κ1) is 19.1. The predicted molar refractivity (Wildman–Crippen MR) is 103 cm³/mol. The van der Waals surface area contributed by atoms with Crippen molar-refractivity contribution < 1.29 is 13.9 Å². The van der Waals surface area contributed by atoms with Gasteiger partial charge < -0.3 is 14.1 Å². The third kappa shape index (κ3) is 4.71. The molecule has 0 aliphatic carbocycles. The molecule has 0 unspecified atom stereocenters. The molecule has 0 radical (unpaired) electrons. The summed E-state index contributed by atoms with van der Waals surface area (Å²) in [5.74, 6) is 0.127. The van der Waals surface area contributed by atoms with E-state index in [0.717, 1.165) is 9.37 Å². The van der Waals surface area contributed by atoms with Crippen molar-refractivity contribution in [3.8, 4) is 6.07 Å². The smallest absolute Gasteiger partial charge is 0.264 e. The number of hydrogen-bond acceptors (Lipinski definition) is 5. The van der Waals surface area contributed by atoms with E-state index in [9.17, 15) is 10.1 Å². The van der Waals surface area contributed by atoms with E-state index in [1.165, 1.54) is 17.8 Å². The largest absolute Gasteiger partial charge is 0.449 e. The first-order valence-corrected chi connectivity index (χ1v) is 9.77. The van der Waals surface area contributed by atoms with Crippen molar-refractivity contribution >= 4 is 51.3 Å². The fourth-order valence-electron chi connectivity index (χ4n) is 2.34. The molecule has 0 spiro atoms. The summed E-state index contributed by atoms with van der Waals surface area (Å²) in [6, 6.07) is 11.1. The van der Waals surface area contributed by atoms with E-state index < -0.39 is 0 Å². The number of amides is 1. The summed E-state index contributed by atoms with van der Waals surface area (Å²) < 4.78 is 11.8. The molecule has 2 heterocycles. The highest BCUT2D eigenvalue weighted by molar-refractivity contribution is 9.10. The lowest BCUT2D eigenvalue weighted by Crippen LogP contribution is -2.41. The molecule has 0 N–H and O–H groups in total. The number of rotatable bonds is 4. The lowest BCUT2D eigenvalue weighted by Gasteiger charge is -2.26. The molecule has 0 atom stereocenters. The Balaban J connectivity index is 1.78. The summed E-state index contributed by atoms with van der Waals surface area (Å²) in [6.45, 7) is 1.94. The van der Waals surface area contributed by atoms with Gasteiger partial charge in [-0.1, -0.05) is 23.4 Å². The number of halogens is 2. The maximum Gasteiger partial charge on any atom is 0.264 e. The third-order valence-corrected chi connectivity index (χ3v) is 5.73. The number of furan rings is 1. The molecule has 1 amide bonds. The molecular formula is C18H14BrClN2O3S. The second-order valence-corrected chi connectivity index (χ2v) is 7.75. The van der Waals surface area contributed by atoms with E-state index in [1.54, 1.807) is 23.1 Å². The van der Waals surface area contributed by atoms with Crippen LogP contribution in [-0.4, -0.2) is 37.1 Å². The monoisotopic (exact) mass is 452 g/mol. The fraction of sp³-hybridized carbons (Fsp3) is 0.222. The Morgan fingerprint density at radius 3 is 2.65 bits per heavy atom. The van der Waals surface area contributed by atoms with Crippen molar-refractivity contribution in [2.75, 3.05) is 26.3 Å². The van der Waals surface area contributed by atoms with Crippen LogP contribution in [0.5, 0.6) is 0 Å². The van der Waals surface area contributed by atoms with Crippen molar-refractivity contribution in [2.24, 2.45) is 0 Å². The number of nitriles is 1. The van der Waals surface area contributed by atoms with Crippen LogP contribution in [0.15, 0.2) is 54.8 Å². The maximum atomic E-state index is 12.5. The second-order valence-electron chi connectivity index (χ2n) is 5.41. The minimum Gasteiger partial charge on any atom is -0.449 e. The summed E-state index contributed by atoms with van der Waals surface area (Å²) in [7, 11) is 0. The molecule has 5 nitrogen and oxygen atoms in total. The Labute approximate surface area is 168 Å². The molecule has 0 saturated carbocycles. The highest BCUT2D eigenvalue weighted by atomic mass is 79.9. The van der Waals surface area contributed by atoms with Crippen molar-refractivity contribution in [3.63, 3.8) is 0 Å². The number of carbonyl (C=O) groups is 1. The molecule has 1 aliphatic rings. The molecule has 1 fully saturated rings. The SMILES string of the molecule is N#C/C(=C/c1cc(Br)c(Sc2ccc(Cl)cc2)o1)C(=O)N1CCOCC1. The molecule has 134 valence electrons. The quantitative estimate of drug-likeness (QED) is 0.499. The second kappa shape index (κ2) is 8.78. The van der Waals surface area contributed by atoms with E-state index in [2.05, 4.69) is 15.9 Å². The van der Waals surface area contributed by atoms with E-state index in [0.29, 0.717) is 42.2 Å². The molecular weight excluding hydrogens is 440 g/mol. The van der Waals surface area contributed by atoms with Gasteiger partial charge in [-0.15, -0.1) is 0 Å². The molecule has 2 aromatic rings. The zero-order chi connectivity index (χ0) is 18.5. The van der Waals surface area contributed by atoms with Crippen LogP contribution in [0.2, 0.25) is 5.02 Å². The van der Waals surface area contributed by atoms with Gasteiger partial charge in [0, 0.05) is 29.1 Å². The molecule has 1 aliphatic heterocycles. The van der Waals surface area contributed by atoms with Gasteiger partial charge in [0.1, 0.15) is 17.4 Å². The van der Waals surface area contributed by atoms with Crippen LogP contribution in [0.25, 0.3) is 6.08 Å². The molecule has 3 rings (SSSR count). The summed E-state index contributed by atoms with van der Waals surface area (Å²) >= 11 is 10.8. The Bertz CT molecular complexity index is 868. The summed E-state index contributed by atoms with van der Waals surface area (Å²) in [6.07, 6.45) is 1.47. The van der Waals surface area contributed by atoms with Crippen LogP contribution >= 0.6 is 39.3 Å². The Kier molecular flexibility index (Phi) is 6.43. The van der Waals surface area contributed by atoms with Gasteiger partial charge in [-0.2, -0.15) is 5.26 Å². The minimum absolute atomic E-state index is 0.0381. The van der Waals surface area contributed by atoms with Gasteiger partial charge in [-0.25, -0.2) is 0 Å². The Morgan fingerprint density at radius 2 is 2.00 bits per heavy atom. The van der Waals surface area contributed by atoms with Crippen LogP contribution in [-0.2, 0) is 9.53 Å². The Morgan fingerprint density at radius 1 is 1.31 bits per heavy atom. The van der Waals surface area contributed by atoms with Crippen LogP contribution in [0.1, 0.15) is 5.76 Å². The highest BCUT2D eigenvalue weighted by Crippen LogP contribution is 2.36. The van der Waals surface area contributed by atoms with Gasteiger partial charge in [0.25, 0.3) is 5.91 Å². The number of ether oxygens (including phenoxy) is 1. The summed E-state index contributed by atoms with van der Waals surface area (Å²) in [5, 5.41) is 10.7. The Hall–Kier alpha value is -1.72. The van der Waals surface area contributed by atoms with E-state index >= 15 is 0 Å². The lowest BCUT2D eigenvalue weighted by molar-refractivity contribution is -0.130. The zero-order valence-electron chi connectivity index (χ0n) is 13.6. The standard InChI is InChI=1S/C18H14BrClN2O3S/c19-16-10-14(25-18(16)26-15-3-1-13(20)2-4-15)9-12(11-21)17(23)22-5-7-24-8-6-22/h1-4,9-10H,5-8H2/b12-9-. The first-order valence-electron chi connectivity index (χ1n) is 7.78. The molecule has 1 aromatic carbocycles. The maximum absolute atomic E-state index is 12.5. The topological polar surface area (TPSA) is 66.5 Å². The molecule has 26 heavy (non-hydrogen) atoms. The number of carbonyl (C=O) groups excluding carboxylic acids is 1. The van der Waals surface area contributed by atoms with Crippen LogP contribution in [0.4, 0.5) is 0 Å². The van der Waals surface area contributed by atoms with Gasteiger partial charge >= 0.3 is 0 Å². The van der Waals surface area contributed by atoms with Gasteiger partial charge in [0.05, 0.1) is 17.7 Å². The predicted octanol–water partition coefficient (Wildman–Crippen LogP) is 4.61. The average molecular weight is 454 g/mol. The fourth-order valence-corrected chi connectivity index (χ4v) is 3.80. The number of morpholine rings is 1. The molecule has 1 aromatic heterocycles. The number of hydrogen-bond donors (Lipinski definition) is 0. The first-order chi connectivity index (χ1) is 12.6. The summed E-state index contributed by atoms with van der Waals surface area (Å²) in [5.41, 5.74) is 0.0381. The minimum atomic E-state index is -0.310. The molecule has 8 heteroatoms. The van der Waals surface area contributed by atoms with Crippen molar-refractivity contribution in [2.45, 2.75) is 9.99 Å². The lowest BCUT2D eigenvalue weighted by atomic mass is 10.2. The van der Waals surface area contributed by atoms with Crippen LogP contribution < -0.4 is 0 Å². The van der Waals surface area contributed by atoms with Crippen LogP contribution in [0, 0.1) is 11.3 Å². The summed E-state index contributed by atoms with van der Waals surface area (Å²) in [4.78, 5) is 15.0.